The minimum absolute atomic E-state index is 0.0469. The highest BCUT2D eigenvalue weighted by Crippen LogP contribution is 2.32. The number of hydrogen-bond donors (Lipinski definition) is 0. The quantitative estimate of drug-likeness (QED) is 0.697. The topological polar surface area (TPSA) is 26.3 Å². The van der Waals surface area contributed by atoms with Crippen LogP contribution in [0.3, 0.4) is 0 Å². The molecule has 2 heteroatoms. The summed E-state index contributed by atoms with van der Waals surface area (Å²) in [6.45, 7) is 5.91. The molecule has 2 nitrogen and oxygen atoms in total. The second-order valence-electron chi connectivity index (χ2n) is 5.03. The number of ketones is 1. The molecule has 0 saturated heterocycles. The first-order valence-electron chi connectivity index (χ1n) is 6.99. The maximum Gasteiger partial charge on any atom is 0.159 e. The molecular weight excluding hydrogens is 248 g/mol. The summed E-state index contributed by atoms with van der Waals surface area (Å²) >= 11 is 0. The average molecular weight is 268 g/mol. The Kier molecular flexibility index (Phi) is 4.57. The highest BCUT2D eigenvalue weighted by molar-refractivity contribution is 5.94. The summed E-state index contributed by atoms with van der Waals surface area (Å²) in [5.41, 5.74) is 1.87. The van der Waals surface area contributed by atoms with Gasteiger partial charge in [0.05, 0.1) is 0 Å². The van der Waals surface area contributed by atoms with E-state index in [4.69, 9.17) is 4.74 Å². The van der Waals surface area contributed by atoms with Gasteiger partial charge >= 0.3 is 0 Å². The number of hydrogen-bond acceptors (Lipinski definition) is 2. The van der Waals surface area contributed by atoms with E-state index in [1.807, 2.05) is 30.3 Å². The third-order valence-corrected chi connectivity index (χ3v) is 3.53. The van der Waals surface area contributed by atoms with Gasteiger partial charge in [-0.15, -0.1) is 0 Å². The molecule has 104 valence electrons. The number of carbonyl (C=O) groups is 1. The second kappa shape index (κ2) is 6.38. The van der Waals surface area contributed by atoms with E-state index in [0.29, 0.717) is 17.2 Å². The van der Waals surface area contributed by atoms with Crippen molar-refractivity contribution in [3.8, 4) is 11.5 Å². The van der Waals surface area contributed by atoms with Gasteiger partial charge in [-0.2, -0.15) is 0 Å². The van der Waals surface area contributed by atoms with Crippen LogP contribution in [0.15, 0.2) is 48.5 Å². The first-order valence-corrected chi connectivity index (χ1v) is 6.99. The van der Waals surface area contributed by atoms with Gasteiger partial charge in [0, 0.05) is 5.56 Å². The number of benzene rings is 2. The first kappa shape index (κ1) is 14.3. The van der Waals surface area contributed by atoms with Crippen LogP contribution in [0.5, 0.6) is 11.5 Å². The molecule has 0 fully saturated rings. The fraction of sp³-hybridized carbons (Fsp3) is 0.278. The molecule has 0 amide bonds. The summed E-state index contributed by atoms with van der Waals surface area (Å²) in [4.78, 5) is 11.4. The second-order valence-corrected chi connectivity index (χ2v) is 5.03. The predicted molar refractivity (Wildman–Crippen MR) is 81.7 cm³/mol. The molecule has 0 saturated carbocycles. The molecule has 0 heterocycles. The van der Waals surface area contributed by atoms with E-state index in [1.54, 1.807) is 19.1 Å². The van der Waals surface area contributed by atoms with Crippen LogP contribution < -0.4 is 4.74 Å². The summed E-state index contributed by atoms with van der Waals surface area (Å²) in [5.74, 6) is 2.06. The molecule has 0 aliphatic carbocycles. The van der Waals surface area contributed by atoms with E-state index in [1.165, 1.54) is 5.56 Å². The van der Waals surface area contributed by atoms with Crippen LogP contribution in [0, 0.1) is 0 Å². The van der Waals surface area contributed by atoms with E-state index < -0.39 is 0 Å². The molecule has 20 heavy (non-hydrogen) atoms. The van der Waals surface area contributed by atoms with Crippen molar-refractivity contribution in [3.63, 3.8) is 0 Å². The van der Waals surface area contributed by atoms with Crippen molar-refractivity contribution in [1.29, 1.82) is 0 Å². The van der Waals surface area contributed by atoms with Crippen molar-refractivity contribution in [2.45, 2.75) is 33.1 Å². The Balaban J connectivity index is 2.30. The molecule has 0 aromatic heterocycles. The standard InChI is InChI=1S/C18H20O2/c1-4-13(2)17-10-5-6-11-18(17)20-16-9-7-8-15(12-16)14(3)19/h5-13H,4H2,1-3H3. The van der Waals surface area contributed by atoms with Crippen LogP contribution in [-0.4, -0.2) is 5.78 Å². The highest BCUT2D eigenvalue weighted by Gasteiger charge is 2.10. The van der Waals surface area contributed by atoms with Crippen molar-refractivity contribution in [2.75, 3.05) is 0 Å². The van der Waals surface area contributed by atoms with Gasteiger partial charge in [0.1, 0.15) is 11.5 Å². The molecule has 0 spiro atoms. The normalized spacial score (nSPS) is 11.9. The molecule has 0 aliphatic heterocycles. The SMILES string of the molecule is CCC(C)c1ccccc1Oc1cccc(C(C)=O)c1. The number of rotatable bonds is 5. The zero-order chi connectivity index (χ0) is 14.5. The number of ether oxygens (including phenoxy) is 1. The van der Waals surface area contributed by atoms with Crippen LogP contribution in [0.25, 0.3) is 0 Å². The summed E-state index contributed by atoms with van der Waals surface area (Å²) < 4.78 is 5.97. The molecule has 2 aromatic rings. The molecule has 0 aliphatic rings. The first-order chi connectivity index (χ1) is 9.61. The number of carbonyl (C=O) groups excluding carboxylic acids is 1. The number of para-hydroxylation sites is 1. The van der Waals surface area contributed by atoms with E-state index in [0.717, 1.165) is 12.2 Å². The predicted octanol–water partition coefficient (Wildman–Crippen LogP) is 5.20. The molecule has 2 rings (SSSR count). The fourth-order valence-corrected chi connectivity index (χ4v) is 2.11. The maximum atomic E-state index is 11.4. The van der Waals surface area contributed by atoms with Crippen molar-refractivity contribution >= 4 is 5.78 Å². The van der Waals surface area contributed by atoms with E-state index in [9.17, 15) is 4.79 Å². The average Bonchev–Trinajstić information content (AvgIpc) is 2.47. The lowest BCUT2D eigenvalue weighted by atomic mass is 9.98. The summed E-state index contributed by atoms with van der Waals surface area (Å²) in [5, 5.41) is 0. The Hall–Kier alpha value is -2.09. The zero-order valence-electron chi connectivity index (χ0n) is 12.2. The Morgan fingerprint density at radius 2 is 1.90 bits per heavy atom. The van der Waals surface area contributed by atoms with E-state index in [-0.39, 0.29) is 5.78 Å². The van der Waals surface area contributed by atoms with Crippen LogP contribution in [0.4, 0.5) is 0 Å². The van der Waals surface area contributed by atoms with Crippen LogP contribution in [0.2, 0.25) is 0 Å². The third-order valence-electron chi connectivity index (χ3n) is 3.53. The largest absolute Gasteiger partial charge is 0.457 e. The smallest absolute Gasteiger partial charge is 0.159 e. The molecule has 2 aromatic carbocycles. The van der Waals surface area contributed by atoms with Crippen molar-refractivity contribution in [1.82, 2.24) is 0 Å². The summed E-state index contributed by atoms with van der Waals surface area (Å²) in [6, 6.07) is 15.4. The Labute approximate surface area is 120 Å². The van der Waals surface area contributed by atoms with E-state index >= 15 is 0 Å². The monoisotopic (exact) mass is 268 g/mol. The van der Waals surface area contributed by atoms with Gasteiger partial charge < -0.3 is 4.74 Å². The third kappa shape index (κ3) is 3.27. The van der Waals surface area contributed by atoms with Crippen LogP contribution in [0.1, 0.15) is 49.0 Å². The minimum Gasteiger partial charge on any atom is -0.457 e. The molecule has 0 bridgehead atoms. The van der Waals surface area contributed by atoms with Crippen LogP contribution >= 0.6 is 0 Å². The van der Waals surface area contributed by atoms with Gasteiger partial charge in [-0.1, -0.05) is 44.2 Å². The lowest BCUT2D eigenvalue weighted by Crippen LogP contribution is -1.97. The van der Waals surface area contributed by atoms with Crippen molar-refractivity contribution in [3.05, 3.63) is 59.7 Å². The van der Waals surface area contributed by atoms with Gasteiger partial charge in [0.2, 0.25) is 0 Å². The molecule has 0 N–H and O–H groups in total. The number of Topliss-reactive ketones (excluding diaryl/α,β-unsaturated/α-hetero) is 1. The zero-order valence-corrected chi connectivity index (χ0v) is 12.2. The van der Waals surface area contributed by atoms with Gasteiger partial charge in [-0.25, -0.2) is 0 Å². The van der Waals surface area contributed by atoms with Crippen molar-refractivity contribution in [2.24, 2.45) is 0 Å². The highest BCUT2D eigenvalue weighted by atomic mass is 16.5. The van der Waals surface area contributed by atoms with Crippen molar-refractivity contribution < 1.29 is 9.53 Å². The Bertz CT molecular complexity index is 602. The summed E-state index contributed by atoms with van der Waals surface area (Å²) in [7, 11) is 0. The Morgan fingerprint density at radius 3 is 2.60 bits per heavy atom. The van der Waals surface area contributed by atoms with Crippen LogP contribution in [-0.2, 0) is 0 Å². The van der Waals surface area contributed by atoms with E-state index in [2.05, 4.69) is 19.9 Å². The van der Waals surface area contributed by atoms with Gasteiger partial charge in [0.25, 0.3) is 0 Å². The molecule has 1 atom stereocenters. The Morgan fingerprint density at radius 1 is 1.15 bits per heavy atom. The molecule has 0 radical (unpaired) electrons. The maximum absolute atomic E-state index is 11.4. The molecular formula is C18H20O2. The lowest BCUT2D eigenvalue weighted by molar-refractivity contribution is 0.101. The van der Waals surface area contributed by atoms with Gasteiger partial charge in [-0.3, -0.25) is 4.79 Å². The lowest BCUT2D eigenvalue weighted by Gasteiger charge is -2.15. The summed E-state index contributed by atoms with van der Waals surface area (Å²) in [6.07, 6.45) is 1.06. The molecule has 1 unspecified atom stereocenters. The fourth-order valence-electron chi connectivity index (χ4n) is 2.11. The van der Waals surface area contributed by atoms with Gasteiger partial charge in [-0.05, 0) is 43.0 Å². The minimum atomic E-state index is 0.0469. The van der Waals surface area contributed by atoms with Gasteiger partial charge in [0.15, 0.2) is 5.78 Å².